The van der Waals surface area contributed by atoms with E-state index in [9.17, 15) is 30.7 Å². The van der Waals surface area contributed by atoms with Gasteiger partial charge in [0.25, 0.3) is 0 Å². The zero-order valence-electron chi connectivity index (χ0n) is 15.8. The van der Waals surface area contributed by atoms with E-state index in [1.54, 1.807) is 0 Å². The van der Waals surface area contributed by atoms with Gasteiger partial charge in [-0.3, -0.25) is 4.39 Å². The van der Waals surface area contributed by atoms with E-state index in [1.807, 2.05) is 0 Å². The summed E-state index contributed by atoms with van der Waals surface area (Å²) in [5, 5.41) is 0. The predicted molar refractivity (Wildman–Crippen MR) is 94.6 cm³/mol. The number of halogens is 7. The Balaban J connectivity index is 1.89. The molecule has 28 heavy (non-hydrogen) atoms. The summed E-state index contributed by atoms with van der Waals surface area (Å²) in [5.74, 6) is -7.71. The molecule has 1 aliphatic carbocycles. The zero-order chi connectivity index (χ0) is 20.7. The lowest BCUT2D eigenvalue weighted by Crippen LogP contribution is -2.27. The maximum Gasteiger partial charge on any atom is 0.338 e. The molecule has 1 aliphatic rings. The van der Waals surface area contributed by atoms with Crippen molar-refractivity contribution in [1.29, 1.82) is 0 Å². The van der Waals surface area contributed by atoms with Gasteiger partial charge in [-0.15, -0.1) is 0 Å². The average molecular weight is 412 g/mol. The molecule has 1 aromatic rings. The fraction of sp³-hybridized carbons (Fsp3) is 0.714. The minimum atomic E-state index is -4.85. The highest BCUT2D eigenvalue weighted by atomic mass is 19.3. The summed E-state index contributed by atoms with van der Waals surface area (Å²) < 4.78 is 91.7. The first-order valence-corrected chi connectivity index (χ1v) is 9.98. The molecular weight excluding hydrogens is 385 g/mol. The van der Waals surface area contributed by atoms with E-state index in [0.717, 1.165) is 57.1 Å². The minimum Gasteiger partial charge on any atom is -0.251 e. The normalized spacial score (nSPS) is 20.7. The Hall–Kier alpha value is -1.27. The van der Waals surface area contributed by atoms with E-state index >= 15 is 0 Å². The minimum absolute atomic E-state index is 0.154. The Bertz CT molecular complexity index is 584. The summed E-state index contributed by atoms with van der Waals surface area (Å²) in [6.45, 7) is -0.272. The highest BCUT2D eigenvalue weighted by Gasteiger charge is 2.47. The number of benzene rings is 1. The molecule has 0 saturated heterocycles. The summed E-state index contributed by atoms with van der Waals surface area (Å²) in [6, 6.07) is 1.56. The molecule has 160 valence electrons. The summed E-state index contributed by atoms with van der Waals surface area (Å²) in [6.07, 6.45) is 4.71. The summed E-state index contributed by atoms with van der Waals surface area (Å²) >= 11 is 0. The third kappa shape index (κ3) is 5.86. The average Bonchev–Trinajstić information content (AvgIpc) is 2.64. The van der Waals surface area contributed by atoms with Crippen molar-refractivity contribution in [3.8, 4) is 0 Å². The summed E-state index contributed by atoms with van der Waals surface area (Å²) in [7, 11) is 0. The Morgan fingerprint density at radius 1 is 0.857 bits per heavy atom. The zero-order valence-corrected chi connectivity index (χ0v) is 15.8. The quantitative estimate of drug-likeness (QED) is 0.271. The molecule has 1 fully saturated rings. The van der Waals surface area contributed by atoms with Gasteiger partial charge in [0.05, 0.1) is 12.2 Å². The predicted octanol–water partition coefficient (Wildman–Crippen LogP) is 7.91. The van der Waals surface area contributed by atoms with Crippen LogP contribution in [0.15, 0.2) is 12.1 Å². The topological polar surface area (TPSA) is 0 Å². The van der Waals surface area contributed by atoms with E-state index in [1.165, 1.54) is 0 Å². The smallest absolute Gasteiger partial charge is 0.251 e. The molecule has 0 bridgehead atoms. The molecule has 1 saturated carbocycles. The lowest BCUT2D eigenvalue weighted by atomic mass is 9.76. The van der Waals surface area contributed by atoms with Crippen molar-refractivity contribution in [2.45, 2.75) is 82.5 Å². The van der Waals surface area contributed by atoms with Gasteiger partial charge in [-0.05, 0) is 61.6 Å². The first-order valence-electron chi connectivity index (χ1n) is 9.98. The Morgan fingerprint density at radius 2 is 1.39 bits per heavy atom. The molecule has 0 heterocycles. The number of unbranched alkanes of at least 4 members (excludes halogenated alkanes) is 4. The third-order valence-electron chi connectivity index (χ3n) is 5.74. The van der Waals surface area contributed by atoms with Gasteiger partial charge in [0.2, 0.25) is 0 Å². The van der Waals surface area contributed by atoms with Gasteiger partial charge in [-0.25, -0.2) is 17.6 Å². The van der Waals surface area contributed by atoms with E-state index in [-0.39, 0.29) is 18.2 Å². The van der Waals surface area contributed by atoms with Crippen LogP contribution in [0.25, 0.3) is 0 Å². The fourth-order valence-electron chi connectivity index (χ4n) is 4.10. The highest BCUT2D eigenvalue weighted by Crippen LogP contribution is 2.42. The second-order valence-corrected chi connectivity index (χ2v) is 7.75. The molecule has 1 aromatic carbocycles. The van der Waals surface area contributed by atoms with Crippen LogP contribution in [0.2, 0.25) is 0 Å². The molecular formula is C21H27F7. The van der Waals surface area contributed by atoms with Gasteiger partial charge in [-0.1, -0.05) is 32.1 Å². The van der Waals surface area contributed by atoms with Crippen LogP contribution in [-0.2, 0) is 5.92 Å². The molecule has 0 radical (unpaired) electrons. The number of alkyl halides is 5. The summed E-state index contributed by atoms with van der Waals surface area (Å²) in [5.41, 5.74) is -1.60. The van der Waals surface area contributed by atoms with Crippen molar-refractivity contribution >= 4 is 0 Å². The Kier molecular flexibility index (Phi) is 8.62. The number of hydrogen-bond acceptors (Lipinski definition) is 0. The second-order valence-electron chi connectivity index (χ2n) is 7.75. The maximum atomic E-state index is 14.0. The molecule has 7 heteroatoms. The SMILES string of the molecule is FCCCCCCCC1CCC(c2cc(F)c(C(F)(F)C(F)F)c(F)c2)CC1. The Morgan fingerprint density at radius 3 is 1.93 bits per heavy atom. The van der Waals surface area contributed by atoms with Crippen molar-refractivity contribution in [2.75, 3.05) is 6.67 Å². The molecule has 2 rings (SSSR count). The lowest BCUT2D eigenvalue weighted by molar-refractivity contribution is -0.139. The molecule has 0 unspecified atom stereocenters. The van der Waals surface area contributed by atoms with Crippen molar-refractivity contribution in [3.63, 3.8) is 0 Å². The second kappa shape index (κ2) is 10.5. The van der Waals surface area contributed by atoms with Crippen LogP contribution in [0.1, 0.15) is 81.3 Å². The first kappa shape index (κ1) is 23.0. The van der Waals surface area contributed by atoms with Crippen LogP contribution in [0.3, 0.4) is 0 Å². The van der Waals surface area contributed by atoms with Gasteiger partial charge in [-0.2, -0.15) is 8.78 Å². The fourth-order valence-corrected chi connectivity index (χ4v) is 4.10. The van der Waals surface area contributed by atoms with Crippen LogP contribution in [0.4, 0.5) is 30.7 Å². The Labute approximate surface area is 161 Å². The van der Waals surface area contributed by atoms with Crippen LogP contribution in [-0.4, -0.2) is 13.1 Å². The first-order chi connectivity index (χ1) is 13.3. The number of rotatable bonds is 10. The number of hydrogen-bond donors (Lipinski definition) is 0. The summed E-state index contributed by atoms with van der Waals surface area (Å²) in [4.78, 5) is 0. The van der Waals surface area contributed by atoms with Gasteiger partial charge < -0.3 is 0 Å². The van der Waals surface area contributed by atoms with Gasteiger partial charge >= 0.3 is 12.3 Å². The van der Waals surface area contributed by atoms with E-state index in [4.69, 9.17) is 0 Å². The van der Waals surface area contributed by atoms with Crippen molar-refractivity contribution in [2.24, 2.45) is 5.92 Å². The lowest BCUT2D eigenvalue weighted by Gasteiger charge is -2.29. The molecule has 0 atom stereocenters. The van der Waals surface area contributed by atoms with Crippen LogP contribution in [0.5, 0.6) is 0 Å². The molecule has 0 N–H and O–H groups in total. The monoisotopic (exact) mass is 412 g/mol. The van der Waals surface area contributed by atoms with Crippen molar-refractivity contribution in [1.82, 2.24) is 0 Å². The highest BCUT2D eigenvalue weighted by molar-refractivity contribution is 5.32. The van der Waals surface area contributed by atoms with Crippen LogP contribution in [0, 0.1) is 17.6 Å². The van der Waals surface area contributed by atoms with E-state index in [0.29, 0.717) is 25.2 Å². The van der Waals surface area contributed by atoms with Gasteiger partial charge in [0.15, 0.2) is 0 Å². The largest absolute Gasteiger partial charge is 0.338 e. The van der Waals surface area contributed by atoms with Crippen LogP contribution < -0.4 is 0 Å². The molecule has 0 aromatic heterocycles. The van der Waals surface area contributed by atoms with E-state index < -0.39 is 29.5 Å². The van der Waals surface area contributed by atoms with Crippen molar-refractivity contribution < 1.29 is 30.7 Å². The van der Waals surface area contributed by atoms with Gasteiger partial charge in [0, 0.05) is 0 Å². The van der Waals surface area contributed by atoms with E-state index in [2.05, 4.69) is 0 Å². The maximum absolute atomic E-state index is 14.0. The molecule has 0 amide bonds. The van der Waals surface area contributed by atoms with Gasteiger partial charge in [0.1, 0.15) is 11.6 Å². The third-order valence-corrected chi connectivity index (χ3v) is 5.74. The molecule has 0 nitrogen and oxygen atoms in total. The standard InChI is InChI=1S/C21H27F7/c22-11-5-3-1-2-4-6-14-7-9-15(10-8-14)16-12-17(23)19(18(24)13-16)21(27,28)20(25)26/h12-15,20H,1-11H2. The van der Waals surface area contributed by atoms with Crippen molar-refractivity contribution in [3.05, 3.63) is 34.9 Å². The van der Waals surface area contributed by atoms with Crippen LogP contribution >= 0.6 is 0 Å². The molecule has 0 spiro atoms. The molecule has 0 aliphatic heterocycles.